The van der Waals surface area contributed by atoms with Crippen LogP contribution in [0.4, 0.5) is 11.4 Å². The Bertz CT molecular complexity index is 1060. The van der Waals surface area contributed by atoms with Gasteiger partial charge in [-0.05, 0) is 32.0 Å². The van der Waals surface area contributed by atoms with Crippen molar-refractivity contribution in [3.8, 4) is 0 Å². The lowest BCUT2D eigenvalue weighted by atomic mass is 10.2. The van der Waals surface area contributed by atoms with E-state index in [4.69, 9.17) is 16.3 Å². The van der Waals surface area contributed by atoms with E-state index in [0.29, 0.717) is 0 Å². The SMILES string of the molecule is CC(OC(=O)[C@H](C)NS(=O)(=O)c1ccccc1)C(=O)Nc1ccc([N+](=O)[O-])cc1Cl. The van der Waals surface area contributed by atoms with E-state index in [2.05, 4.69) is 10.0 Å². The Morgan fingerprint density at radius 3 is 2.33 bits per heavy atom. The van der Waals surface area contributed by atoms with Gasteiger partial charge in [-0.3, -0.25) is 19.7 Å². The zero-order chi connectivity index (χ0) is 22.5. The zero-order valence-electron chi connectivity index (χ0n) is 15.9. The van der Waals surface area contributed by atoms with Crippen LogP contribution in [0.3, 0.4) is 0 Å². The fourth-order valence-corrected chi connectivity index (χ4v) is 3.67. The quantitative estimate of drug-likeness (QED) is 0.353. The number of hydrogen-bond donors (Lipinski definition) is 2. The molecule has 0 spiro atoms. The highest BCUT2D eigenvalue weighted by atomic mass is 35.5. The lowest BCUT2D eigenvalue weighted by Gasteiger charge is -2.18. The molecule has 0 aliphatic carbocycles. The first-order chi connectivity index (χ1) is 14.0. The topological polar surface area (TPSA) is 145 Å². The van der Waals surface area contributed by atoms with E-state index in [1.54, 1.807) is 6.07 Å². The molecule has 0 aliphatic heterocycles. The number of non-ortho nitro benzene ring substituents is 1. The molecule has 0 bridgehead atoms. The predicted molar refractivity (Wildman–Crippen MR) is 109 cm³/mol. The largest absolute Gasteiger partial charge is 0.451 e. The highest BCUT2D eigenvalue weighted by Gasteiger charge is 2.26. The molecule has 1 amide bonds. The summed E-state index contributed by atoms with van der Waals surface area (Å²) in [6.45, 7) is 2.56. The smallest absolute Gasteiger partial charge is 0.324 e. The van der Waals surface area contributed by atoms with Crippen molar-refractivity contribution in [2.75, 3.05) is 5.32 Å². The minimum atomic E-state index is -3.95. The maximum absolute atomic E-state index is 12.3. The van der Waals surface area contributed by atoms with E-state index in [9.17, 15) is 28.1 Å². The lowest BCUT2D eigenvalue weighted by Crippen LogP contribution is -2.42. The van der Waals surface area contributed by atoms with Crippen LogP contribution in [-0.4, -0.2) is 37.4 Å². The van der Waals surface area contributed by atoms with Gasteiger partial charge in [-0.25, -0.2) is 8.42 Å². The number of anilines is 1. The maximum atomic E-state index is 12.3. The molecular formula is C18H18ClN3O7S. The van der Waals surface area contributed by atoms with E-state index in [1.165, 1.54) is 44.2 Å². The summed E-state index contributed by atoms with van der Waals surface area (Å²) < 4.78 is 31.7. The Kier molecular flexibility index (Phi) is 7.48. The second kappa shape index (κ2) is 9.65. The number of carbonyl (C=O) groups is 2. The molecule has 0 saturated heterocycles. The first kappa shape index (κ1) is 23.3. The highest BCUT2D eigenvalue weighted by molar-refractivity contribution is 7.89. The van der Waals surface area contributed by atoms with E-state index < -0.39 is 39.0 Å². The average Bonchev–Trinajstić information content (AvgIpc) is 2.69. The van der Waals surface area contributed by atoms with E-state index in [-0.39, 0.29) is 21.3 Å². The number of ether oxygens (including phenoxy) is 1. The minimum Gasteiger partial charge on any atom is -0.451 e. The van der Waals surface area contributed by atoms with Crippen molar-refractivity contribution in [1.82, 2.24) is 4.72 Å². The monoisotopic (exact) mass is 455 g/mol. The average molecular weight is 456 g/mol. The number of benzene rings is 2. The van der Waals surface area contributed by atoms with E-state index in [0.717, 1.165) is 12.1 Å². The summed E-state index contributed by atoms with van der Waals surface area (Å²) in [6.07, 6.45) is -1.28. The molecule has 2 atom stereocenters. The lowest BCUT2D eigenvalue weighted by molar-refractivity contribution is -0.384. The summed E-state index contributed by atoms with van der Waals surface area (Å²) in [4.78, 5) is 34.5. The van der Waals surface area contributed by atoms with Crippen molar-refractivity contribution in [3.63, 3.8) is 0 Å². The van der Waals surface area contributed by atoms with Crippen LogP contribution < -0.4 is 10.0 Å². The van der Waals surface area contributed by atoms with Crippen LogP contribution in [0.25, 0.3) is 0 Å². The summed E-state index contributed by atoms with van der Waals surface area (Å²) in [5.74, 6) is -1.72. The molecule has 12 heteroatoms. The van der Waals surface area contributed by atoms with Gasteiger partial charge in [-0.2, -0.15) is 4.72 Å². The first-order valence-electron chi connectivity index (χ1n) is 8.54. The molecule has 1 unspecified atom stereocenters. The van der Waals surface area contributed by atoms with Crippen molar-refractivity contribution in [1.29, 1.82) is 0 Å². The van der Waals surface area contributed by atoms with Gasteiger partial charge in [0.1, 0.15) is 6.04 Å². The summed E-state index contributed by atoms with van der Waals surface area (Å²) in [5, 5.41) is 13.0. The number of nitrogens with zero attached hydrogens (tertiary/aromatic N) is 1. The summed E-state index contributed by atoms with van der Waals surface area (Å²) in [7, 11) is -3.95. The number of carbonyl (C=O) groups excluding carboxylic acids is 2. The molecule has 2 N–H and O–H groups in total. The Morgan fingerprint density at radius 2 is 1.77 bits per heavy atom. The number of nitro groups is 1. The van der Waals surface area contributed by atoms with Crippen molar-refractivity contribution in [3.05, 3.63) is 63.7 Å². The second-order valence-corrected chi connectivity index (χ2v) is 8.27. The number of hydrogen-bond acceptors (Lipinski definition) is 7. The number of nitrogens with one attached hydrogen (secondary N) is 2. The molecule has 2 rings (SSSR count). The molecule has 10 nitrogen and oxygen atoms in total. The molecule has 0 radical (unpaired) electrons. The van der Waals surface area contributed by atoms with Crippen LogP contribution in [0, 0.1) is 10.1 Å². The molecule has 30 heavy (non-hydrogen) atoms. The van der Waals surface area contributed by atoms with Crippen molar-refractivity contribution in [2.45, 2.75) is 30.9 Å². The van der Waals surface area contributed by atoms with Crippen LogP contribution in [0.15, 0.2) is 53.4 Å². The highest BCUT2D eigenvalue weighted by Crippen LogP contribution is 2.26. The van der Waals surface area contributed by atoms with Gasteiger partial charge < -0.3 is 10.1 Å². The minimum absolute atomic E-state index is 0.0248. The van der Waals surface area contributed by atoms with Crippen LogP contribution >= 0.6 is 11.6 Å². The van der Waals surface area contributed by atoms with Crippen molar-refractivity contribution >= 4 is 44.9 Å². The van der Waals surface area contributed by atoms with Crippen LogP contribution in [0.5, 0.6) is 0 Å². The molecule has 0 aliphatic rings. The molecule has 160 valence electrons. The van der Waals surface area contributed by atoms with Crippen LogP contribution in [0.1, 0.15) is 13.8 Å². The van der Waals surface area contributed by atoms with E-state index in [1.807, 2.05) is 0 Å². The van der Waals surface area contributed by atoms with Gasteiger partial charge >= 0.3 is 5.97 Å². The van der Waals surface area contributed by atoms with Crippen molar-refractivity contribution in [2.24, 2.45) is 0 Å². The molecule has 0 fully saturated rings. The Hall–Kier alpha value is -3.02. The molecule has 2 aromatic rings. The molecule has 2 aromatic carbocycles. The van der Waals surface area contributed by atoms with Gasteiger partial charge in [-0.1, -0.05) is 29.8 Å². The standard InChI is InChI=1S/C18H18ClN3O7S/c1-11(21-30(27,28)14-6-4-3-5-7-14)18(24)29-12(2)17(23)20-16-9-8-13(22(25)26)10-15(16)19/h3-12,21H,1-2H3,(H,20,23)/t11-,12?/m0/s1. The molecule has 0 aromatic heterocycles. The van der Waals surface area contributed by atoms with Gasteiger partial charge in [0.2, 0.25) is 10.0 Å². The third-order valence-electron chi connectivity index (χ3n) is 3.82. The van der Waals surface area contributed by atoms with Gasteiger partial charge in [-0.15, -0.1) is 0 Å². The maximum Gasteiger partial charge on any atom is 0.324 e. The fraction of sp³-hybridized carbons (Fsp3) is 0.222. The summed E-state index contributed by atoms with van der Waals surface area (Å²) in [5.41, 5.74) is -0.162. The first-order valence-corrected chi connectivity index (χ1v) is 10.4. The number of esters is 1. The number of nitro benzene ring substituents is 1. The van der Waals surface area contributed by atoms with Crippen molar-refractivity contribution < 1.29 is 27.7 Å². The molecular weight excluding hydrogens is 438 g/mol. The Morgan fingerprint density at radius 1 is 1.13 bits per heavy atom. The Labute approximate surface area is 177 Å². The van der Waals surface area contributed by atoms with Gasteiger partial charge in [0, 0.05) is 12.1 Å². The third kappa shape index (κ3) is 5.99. The zero-order valence-corrected chi connectivity index (χ0v) is 17.4. The van der Waals surface area contributed by atoms with Crippen LogP contribution in [0.2, 0.25) is 5.02 Å². The number of halogens is 1. The summed E-state index contributed by atoms with van der Waals surface area (Å²) in [6, 6.07) is 9.65. The van der Waals surface area contributed by atoms with E-state index >= 15 is 0 Å². The fourth-order valence-electron chi connectivity index (χ4n) is 2.23. The third-order valence-corrected chi connectivity index (χ3v) is 5.69. The van der Waals surface area contributed by atoms with Gasteiger partial charge in [0.05, 0.1) is 20.5 Å². The Balaban J connectivity index is 1.97. The summed E-state index contributed by atoms with van der Waals surface area (Å²) >= 11 is 5.91. The van der Waals surface area contributed by atoms with Crippen LogP contribution in [-0.2, 0) is 24.3 Å². The normalized spacial score (nSPS) is 13.2. The number of sulfonamides is 1. The van der Waals surface area contributed by atoms with Gasteiger partial charge in [0.15, 0.2) is 6.10 Å². The second-order valence-electron chi connectivity index (χ2n) is 6.15. The van der Waals surface area contributed by atoms with Gasteiger partial charge in [0.25, 0.3) is 11.6 Å². The molecule has 0 heterocycles. The number of amides is 1. The number of rotatable bonds is 8. The predicted octanol–water partition coefficient (Wildman–Crippen LogP) is 2.49. The molecule has 0 saturated carbocycles.